The largest absolute Gasteiger partial charge is 0.489 e. The standard InChI is InChI=1S/C24H16ClFN2O2S2.C20H13BrClFN2O2S.C4H5BO2S/c1-15-5-7-18(8-6-15)32(29,30)28-13-21(19-3-2-4-22(26)23(19)25)20-11-17(12-27-24(20)28)16-9-10-31-14-16;1-12-5-7-14(8-6-12)28(26,27)25-11-17(15-3-2-4-18(23)19(15)22)16-9-13(21)10-24-20(16)25;6-5(7)4-1-2-8-3-4/h2-14H,1H3;2-11H,1H3;1-3,6-7H. The van der Waals surface area contributed by atoms with Gasteiger partial charge in [0.2, 0.25) is 0 Å². The quantitative estimate of drug-likeness (QED) is 0.143. The van der Waals surface area contributed by atoms with Crippen molar-refractivity contribution in [2.75, 3.05) is 0 Å². The van der Waals surface area contributed by atoms with E-state index in [9.17, 15) is 25.6 Å². The predicted octanol–water partition coefficient (Wildman–Crippen LogP) is 12.0. The zero-order valence-electron chi connectivity index (χ0n) is 35.4. The van der Waals surface area contributed by atoms with Gasteiger partial charge in [-0.1, -0.05) is 88.9 Å². The van der Waals surface area contributed by atoms with Crippen LogP contribution in [0, 0.1) is 25.5 Å². The van der Waals surface area contributed by atoms with Gasteiger partial charge in [0.25, 0.3) is 20.0 Å². The van der Waals surface area contributed by atoms with Crippen LogP contribution >= 0.6 is 61.8 Å². The first-order chi connectivity index (χ1) is 32.4. The summed E-state index contributed by atoms with van der Waals surface area (Å²) in [6.07, 6.45) is 6.05. The number of benzene rings is 4. The topological polar surface area (TPSA) is 144 Å². The third kappa shape index (κ3) is 9.97. The van der Waals surface area contributed by atoms with Crippen LogP contribution in [-0.4, -0.2) is 51.9 Å². The summed E-state index contributed by atoms with van der Waals surface area (Å²) < 4.78 is 84.6. The van der Waals surface area contributed by atoms with E-state index in [1.165, 1.54) is 48.1 Å². The molecule has 0 fully saturated rings. The van der Waals surface area contributed by atoms with Crippen molar-refractivity contribution >= 4 is 116 Å². The lowest BCUT2D eigenvalue weighted by Crippen LogP contribution is -2.27. The molecule has 10 rings (SSSR count). The van der Waals surface area contributed by atoms with Crippen molar-refractivity contribution in [2.24, 2.45) is 0 Å². The zero-order chi connectivity index (χ0) is 48.5. The summed E-state index contributed by atoms with van der Waals surface area (Å²) in [5, 5.41) is 25.4. The summed E-state index contributed by atoms with van der Waals surface area (Å²) in [5.74, 6) is -1.15. The molecule has 6 aromatic heterocycles. The van der Waals surface area contributed by atoms with E-state index in [0.29, 0.717) is 43.0 Å². The minimum absolute atomic E-state index is 0.0692. The second-order valence-electron chi connectivity index (χ2n) is 15.1. The highest BCUT2D eigenvalue weighted by Gasteiger charge is 2.26. The number of aromatic nitrogens is 4. The van der Waals surface area contributed by atoms with Crippen LogP contribution < -0.4 is 5.46 Å². The molecule has 20 heteroatoms. The van der Waals surface area contributed by atoms with Gasteiger partial charge >= 0.3 is 7.12 Å². The summed E-state index contributed by atoms with van der Waals surface area (Å²) in [7, 11) is -9.15. The normalized spacial score (nSPS) is 11.5. The molecule has 0 aliphatic carbocycles. The fourth-order valence-electron chi connectivity index (χ4n) is 7.01. The van der Waals surface area contributed by atoms with Crippen LogP contribution in [-0.2, 0) is 20.0 Å². The first-order valence-corrected chi connectivity index (χ1v) is 26.4. The second kappa shape index (κ2) is 20.2. The number of aryl methyl sites for hydroxylation is 2. The Morgan fingerprint density at radius 3 is 1.51 bits per heavy atom. The number of thiophene rings is 2. The van der Waals surface area contributed by atoms with Crippen LogP contribution in [0.5, 0.6) is 0 Å². The van der Waals surface area contributed by atoms with E-state index in [1.54, 1.807) is 107 Å². The van der Waals surface area contributed by atoms with E-state index in [-0.39, 0.29) is 31.1 Å². The van der Waals surface area contributed by atoms with Crippen LogP contribution in [0.4, 0.5) is 8.78 Å². The van der Waals surface area contributed by atoms with Crippen molar-refractivity contribution in [3.63, 3.8) is 0 Å². The number of fused-ring (bicyclic) bond motifs is 2. The van der Waals surface area contributed by atoms with Crippen molar-refractivity contribution < 1.29 is 35.7 Å². The minimum atomic E-state index is -3.94. The Labute approximate surface area is 416 Å². The molecule has 68 heavy (non-hydrogen) atoms. The van der Waals surface area contributed by atoms with Gasteiger partial charge in [0.1, 0.15) is 11.6 Å². The summed E-state index contributed by atoms with van der Waals surface area (Å²) in [5.41, 5.74) is 6.51. The van der Waals surface area contributed by atoms with E-state index in [1.807, 2.05) is 36.7 Å². The predicted molar refractivity (Wildman–Crippen MR) is 273 cm³/mol. The number of hydrogen-bond acceptors (Lipinski definition) is 10. The lowest BCUT2D eigenvalue weighted by atomic mass is 9.83. The summed E-state index contributed by atoms with van der Waals surface area (Å²) in [6.45, 7) is 3.77. The fourth-order valence-corrected chi connectivity index (χ4v) is 11.8. The lowest BCUT2D eigenvalue weighted by Gasteiger charge is -2.07. The molecule has 0 radical (unpaired) electrons. The Bertz CT molecular complexity index is 3670. The van der Waals surface area contributed by atoms with Crippen molar-refractivity contribution in [3.05, 3.63) is 193 Å². The van der Waals surface area contributed by atoms with Crippen molar-refractivity contribution in [3.8, 4) is 33.4 Å². The van der Waals surface area contributed by atoms with Crippen LogP contribution in [0.2, 0.25) is 10.0 Å². The van der Waals surface area contributed by atoms with E-state index in [4.69, 9.17) is 33.2 Å². The third-order valence-corrected chi connectivity index (χ3v) is 16.4. The second-order valence-corrected chi connectivity index (χ2v) is 21.9. The van der Waals surface area contributed by atoms with Gasteiger partial charge in [-0.15, -0.1) is 0 Å². The fraction of sp³-hybridized carbons (Fsp3) is 0.0417. The Hall–Kier alpha value is -5.54. The van der Waals surface area contributed by atoms with Crippen LogP contribution in [0.15, 0.2) is 170 Å². The molecule has 2 N–H and O–H groups in total. The summed E-state index contributed by atoms with van der Waals surface area (Å²) >= 11 is 18.8. The highest BCUT2D eigenvalue weighted by atomic mass is 79.9. The highest BCUT2D eigenvalue weighted by molar-refractivity contribution is 9.10. The van der Waals surface area contributed by atoms with E-state index in [0.717, 1.165) is 30.2 Å². The monoisotopic (exact) mass is 1090 g/mol. The van der Waals surface area contributed by atoms with Gasteiger partial charge in [-0.05, 0) is 117 Å². The molecule has 4 aromatic carbocycles. The molecular formula is C48H34BBrCl2F2N4O6S4. The first-order valence-electron chi connectivity index (χ1n) is 20.1. The Morgan fingerprint density at radius 1 is 0.603 bits per heavy atom. The molecule has 6 heterocycles. The average Bonchev–Trinajstić information content (AvgIpc) is 4.17. The maximum atomic E-state index is 14.2. The van der Waals surface area contributed by atoms with Crippen LogP contribution in [0.1, 0.15) is 11.1 Å². The molecule has 0 amide bonds. The molecule has 0 unspecified atom stereocenters. The Morgan fingerprint density at radius 2 is 1.07 bits per heavy atom. The Balaban J connectivity index is 0.000000159. The van der Waals surface area contributed by atoms with Gasteiger partial charge in [0.05, 0.1) is 19.8 Å². The smallest absolute Gasteiger partial charge is 0.423 e. The van der Waals surface area contributed by atoms with Crippen LogP contribution in [0.25, 0.3) is 55.4 Å². The molecule has 0 aliphatic rings. The molecule has 0 atom stereocenters. The minimum Gasteiger partial charge on any atom is -0.423 e. The van der Waals surface area contributed by atoms with Gasteiger partial charge in [-0.3, -0.25) is 0 Å². The zero-order valence-corrected chi connectivity index (χ0v) is 41.8. The van der Waals surface area contributed by atoms with Gasteiger partial charge in [-0.25, -0.2) is 43.5 Å². The first kappa shape index (κ1) is 48.9. The highest BCUT2D eigenvalue weighted by Crippen LogP contribution is 2.40. The van der Waals surface area contributed by atoms with Gasteiger partial charge in [-0.2, -0.15) is 22.7 Å². The molecule has 344 valence electrons. The molecule has 10 aromatic rings. The van der Waals surface area contributed by atoms with Crippen molar-refractivity contribution in [2.45, 2.75) is 23.6 Å². The third-order valence-electron chi connectivity index (χ3n) is 10.5. The molecule has 0 bridgehead atoms. The SMILES string of the molecule is Cc1ccc(S(=O)(=O)n2cc(-c3cccc(F)c3Cl)c3cc(-c4ccsc4)cnc32)cc1.Cc1ccc(S(=O)(=O)n2cc(-c3cccc(F)c3Cl)c3cc(Br)cnc32)cc1.OB(O)c1ccsc1. The van der Waals surface area contributed by atoms with Crippen molar-refractivity contribution in [1.29, 1.82) is 0 Å². The number of hydrogen-bond donors (Lipinski definition) is 2. The maximum Gasteiger partial charge on any atom is 0.489 e. The maximum absolute atomic E-state index is 14.2. The number of rotatable bonds is 8. The number of nitrogens with zero attached hydrogens (tertiary/aromatic N) is 4. The Kier molecular flexibility index (Phi) is 14.5. The van der Waals surface area contributed by atoms with E-state index in [2.05, 4.69) is 25.9 Å². The molecule has 10 nitrogen and oxygen atoms in total. The molecule has 0 spiro atoms. The van der Waals surface area contributed by atoms with Gasteiger partial charge < -0.3 is 10.0 Å². The molecule has 0 aliphatic heterocycles. The average molecular weight is 1090 g/mol. The lowest BCUT2D eigenvalue weighted by molar-refractivity contribution is 0.426. The van der Waals surface area contributed by atoms with Gasteiger partial charge in [0, 0.05) is 67.8 Å². The summed E-state index contributed by atoms with van der Waals surface area (Å²) in [6, 6.07) is 29.3. The van der Waals surface area contributed by atoms with Crippen LogP contribution in [0.3, 0.4) is 0 Å². The van der Waals surface area contributed by atoms with Crippen molar-refractivity contribution in [1.82, 2.24) is 17.9 Å². The number of halogens is 5. The number of pyridine rings is 2. The molecular weight excluding hydrogens is 1060 g/mol. The van der Waals surface area contributed by atoms with E-state index >= 15 is 0 Å². The molecule has 0 saturated carbocycles. The molecule has 0 saturated heterocycles. The van der Waals surface area contributed by atoms with Gasteiger partial charge in [0.15, 0.2) is 11.3 Å². The van der Waals surface area contributed by atoms with E-state index < -0.39 is 38.8 Å². The summed E-state index contributed by atoms with van der Waals surface area (Å²) in [4.78, 5) is 9.06.